The second kappa shape index (κ2) is 25.8. The number of esters is 1. The Morgan fingerprint density at radius 1 is 0.564 bits per heavy atom. The predicted octanol–water partition coefficient (Wildman–Crippen LogP) is 17.3. The Morgan fingerprint density at radius 2 is 1.11 bits per heavy atom. The average molecular weight is 767 g/mol. The summed E-state index contributed by atoms with van der Waals surface area (Å²) in [4.78, 5) is 12.6. The standard InChI is InChI=1S/C53H98O2/c1-7-8-9-10-11-12-13-14-15-16-17-18-19-20-21-22-23-24-25-26-27-31-51(54)55-42-39-45(43(2)3)33-32-44(4)48-36-37-49-47-35-34-46-30-28-29-40-52(46,5)50(47)38-41-53(48,49)6/h43-50H,7-42H2,1-6H3/t44-,45+,46?,47+,48-,49+,50+,52+,53-/m1/s1. The molecule has 0 N–H and O–H groups in total. The fraction of sp³-hybridized carbons (Fsp3) is 0.981. The predicted molar refractivity (Wildman–Crippen MR) is 239 cm³/mol. The Kier molecular flexibility index (Phi) is 22.2. The number of carbonyl (C=O) groups is 1. The van der Waals surface area contributed by atoms with Crippen LogP contribution in [0.25, 0.3) is 0 Å². The molecule has 9 atom stereocenters. The zero-order valence-corrected chi connectivity index (χ0v) is 38.4. The van der Waals surface area contributed by atoms with Crippen LogP contribution in [0.3, 0.4) is 0 Å². The van der Waals surface area contributed by atoms with Gasteiger partial charge in [0, 0.05) is 6.42 Å². The van der Waals surface area contributed by atoms with Gasteiger partial charge in [0.15, 0.2) is 0 Å². The molecule has 0 bridgehead atoms. The fourth-order valence-electron chi connectivity index (χ4n) is 13.9. The zero-order valence-electron chi connectivity index (χ0n) is 38.4. The largest absolute Gasteiger partial charge is 0.466 e. The Bertz CT molecular complexity index is 1000. The SMILES string of the molecule is CCCCCCCCCCCCCCCCCCCCCCCC(=O)OCC[C@H](CC[C@@H](C)[C@H]1CC[C@H]2[C@@H]3CCC4CCCC[C@]4(C)[C@H]3CC[C@]12C)C(C)C. The number of unbranched alkanes of at least 4 members (excludes halogenated alkanes) is 20. The average Bonchev–Trinajstić information content (AvgIpc) is 3.53. The minimum absolute atomic E-state index is 0.0466. The topological polar surface area (TPSA) is 26.3 Å². The van der Waals surface area contributed by atoms with Crippen molar-refractivity contribution in [3.63, 3.8) is 0 Å². The molecule has 4 aliphatic carbocycles. The van der Waals surface area contributed by atoms with E-state index in [1.54, 1.807) is 6.42 Å². The number of fused-ring (bicyclic) bond motifs is 5. The first-order valence-corrected chi connectivity index (χ1v) is 25.9. The Balaban J connectivity index is 0.966. The molecule has 4 rings (SSSR count). The third kappa shape index (κ3) is 14.9. The summed E-state index contributed by atoms with van der Waals surface area (Å²) in [6.07, 6.45) is 48.7. The smallest absolute Gasteiger partial charge is 0.305 e. The van der Waals surface area contributed by atoms with Gasteiger partial charge < -0.3 is 4.74 Å². The summed E-state index contributed by atoms with van der Waals surface area (Å²) in [7, 11) is 0. The molecule has 0 aromatic carbocycles. The number of rotatable bonds is 30. The van der Waals surface area contributed by atoms with Crippen LogP contribution in [0.5, 0.6) is 0 Å². The summed E-state index contributed by atoms with van der Waals surface area (Å²) < 4.78 is 5.82. The van der Waals surface area contributed by atoms with E-state index in [9.17, 15) is 4.79 Å². The van der Waals surface area contributed by atoms with Gasteiger partial charge in [-0.2, -0.15) is 0 Å². The van der Waals surface area contributed by atoms with E-state index >= 15 is 0 Å². The van der Waals surface area contributed by atoms with Crippen molar-refractivity contribution in [2.24, 2.45) is 58.2 Å². The van der Waals surface area contributed by atoms with E-state index in [-0.39, 0.29) is 5.97 Å². The number of ether oxygens (including phenoxy) is 1. The molecule has 0 aromatic heterocycles. The van der Waals surface area contributed by atoms with E-state index in [0.29, 0.717) is 35.7 Å². The van der Waals surface area contributed by atoms with Gasteiger partial charge in [-0.15, -0.1) is 0 Å². The van der Waals surface area contributed by atoms with Crippen molar-refractivity contribution in [2.45, 2.75) is 266 Å². The maximum Gasteiger partial charge on any atom is 0.305 e. The number of carbonyl (C=O) groups excluding carboxylic acids is 1. The molecule has 0 aliphatic heterocycles. The molecule has 0 heterocycles. The van der Waals surface area contributed by atoms with Gasteiger partial charge in [0.1, 0.15) is 0 Å². The van der Waals surface area contributed by atoms with E-state index < -0.39 is 0 Å². The maximum atomic E-state index is 12.6. The van der Waals surface area contributed by atoms with Crippen LogP contribution < -0.4 is 0 Å². The molecule has 4 aliphatic rings. The minimum Gasteiger partial charge on any atom is -0.466 e. The van der Waals surface area contributed by atoms with Crippen LogP contribution in [0, 0.1) is 58.2 Å². The quantitative estimate of drug-likeness (QED) is 0.0538. The van der Waals surface area contributed by atoms with Crippen LogP contribution in [-0.4, -0.2) is 12.6 Å². The number of hydrogen-bond acceptors (Lipinski definition) is 2. The van der Waals surface area contributed by atoms with Gasteiger partial charge in [0.05, 0.1) is 6.61 Å². The van der Waals surface area contributed by atoms with E-state index in [0.717, 1.165) is 48.3 Å². The molecule has 0 amide bonds. The molecule has 0 aromatic rings. The van der Waals surface area contributed by atoms with Crippen molar-refractivity contribution in [1.82, 2.24) is 0 Å². The molecular weight excluding hydrogens is 669 g/mol. The molecule has 0 spiro atoms. The second-order valence-corrected chi connectivity index (χ2v) is 21.5. The van der Waals surface area contributed by atoms with Crippen molar-refractivity contribution in [1.29, 1.82) is 0 Å². The molecule has 2 heteroatoms. The van der Waals surface area contributed by atoms with Gasteiger partial charge in [-0.1, -0.05) is 189 Å². The van der Waals surface area contributed by atoms with Crippen LogP contribution in [0.4, 0.5) is 0 Å². The molecule has 2 nitrogen and oxygen atoms in total. The van der Waals surface area contributed by atoms with Crippen molar-refractivity contribution >= 4 is 5.97 Å². The first kappa shape index (κ1) is 47.2. The Morgan fingerprint density at radius 3 is 1.67 bits per heavy atom. The van der Waals surface area contributed by atoms with Crippen molar-refractivity contribution in [2.75, 3.05) is 6.61 Å². The first-order chi connectivity index (χ1) is 26.7. The lowest BCUT2D eigenvalue weighted by atomic mass is 9.44. The lowest BCUT2D eigenvalue weighted by molar-refractivity contribution is -0.144. The van der Waals surface area contributed by atoms with Gasteiger partial charge in [-0.25, -0.2) is 0 Å². The first-order valence-electron chi connectivity index (χ1n) is 25.9. The van der Waals surface area contributed by atoms with Crippen LogP contribution in [0.15, 0.2) is 0 Å². The van der Waals surface area contributed by atoms with E-state index in [4.69, 9.17) is 4.74 Å². The molecule has 4 saturated carbocycles. The molecule has 4 fully saturated rings. The monoisotopic (exact) mass is 767 g/mol. The van der Waals surface area contributed by atoms with Crippen molar-refractivity contribution < 1.29 is 9.53 Å². The summed E-state index contributed by atoms with van der Waals surface area (Å²) in [6, 6.07) is 0. The van der Waals surface area contributed by atoms with Gasteiger partial charge in [-0.3, -0.25) is 4.79 Å². The summed E-state index contributed by atoms with van der Waals surface area (Å²) in [5, 5.41) is 0. The highest BCUT2D eigenvalue weighted by molar-refractivity contribution is 5.69. The lowest BCUT2D eigenvalue weighted by Crippen LogP contribution is -2.53. The highest BCUT2D eigenvalue weighted by Gasteiger charge is 2.60. The van der Waals surface area contributed by atoms with Gasteiger partial charge in [0.25, 0.3) is 0 Å². The summed E-state index contributed by atoms with van der Waals surface area (Å²) in [6.45, 7) is 15.8. The molecule has 0 saturated heterocycles. The highest BCUT2D eigenvalue weighted by atomic mass is 16.5. The van der Waals surface area contributed by atoms with Crippen LogP contribution in [0.1, 0.15) is 266 Å². The summed E-state index contributed by atoms with van der Waals surface area (Å²) in [5.74, 6) is 7.16. The molecule has 55 heavy (non-hydrogen) atoms. The second-order valence-electron chi connectivity index (χ2n) is 21.5. The molecule has 322 valence electrons. The van der Waals surface area contributed by atoms with E-state index in [2.05, 4.69) is 41.5 Å². The number of hydrogen-bond donors (Lipinski definition) is 0. The maximum absolute atomic E-state index is 12.6. The zero-order chi connectivity index (χ0) is 39.4. The van der Waals surface area contributed by atoms with Crippen molar-refractivity contribution in [3.8, 4) is 0 Å². The van der Waals surface area contributed by atoms with Crippen LogP contribution in [0.2, 0.25) is 0 Å². The highest BCUT2D eigenvalue weighted by Crippen LogP contribution is 2.68. The Labute approximate surface area is 345 Å². The normalized spacial score (nSPS) is 30.1. The lowest BCUT2D eigenvalue weighted by Gasteiger charge is -2.61. The van der Waals surface area contributed by atoms with E-state index in [1.807, 2.05) is 0 Å². The van der Waals surface area contributed by atoms with Crippen LogP contribution >= 0.6 is 0 Å². The van der Waals surface area contributed by atoms with E-state index in [1.165, 1.54) is 199 Å². The van der Waals surface area contributed by atoms with Gasteiger partial charge >= 0.3 is 5.97 Å². The fourth-order valence-corrected chi connectivity index (χ4v) is 13.9. The third-order valence-corrected chi connectivity index (χ3v) is 17.5. The molecule has 0 radical (unpaired) electrons. The van der Waals surface area contributed by atoms with Crippen LogP contribution in [-0.2, 0) is 9.53 Å². The van der Waals surface area contributed by atoms with Crippen molar-refractivity contribution in [3.05, 3.63) is 0 Å². The third-order valence-electron chi connectivity index (χ3n) is 17.5. The molecular formula is C53H98O2. The molecule has 1 unspecified atom stereocenters. The summed E-state index contributed by atoms with van der Waals surface area (Å²) in [5.41, 5.74) is 1.23. The minimum atomic E-state index is 0.0466. The Hall–Kier alpha value is -0.530. The summed E-state index contributed by atoms with van der Waals surface area (Å²) >= 11 is 0. The van der Waals surface area contributed by atoms with Gasteiger partial charge in [0.2, 0.25) is 0 Å². The van der Waals surface area contributed by atoms with Gasteiger partial charge in [-0.05, 0) is 129 Å².